The van der Waals surface area contributed by atoms with Crippen molar-refractivity contribution in [3.63, 3.8) is 0 Å². The molecule has 0 bridgehead atoms. The van der Waals surface area contributed by atoms with E-state index in [1.165, 1.54) is 16.8 Å². The van der Waals surface area contributed by atoms with Gasteiger partial charge in [-0.25, -0.2) is 4.79 Å². The minimum atomic E-state index is -4.54. The van der Waals surface area contributed by atoms with E-state index in [9.17, 15) is 32.7 Å². The van der Waals surface area contributed by atoms with Gasteiger partial charge in [0, 0.05) is 63.1 Å². The van der Waals surface area contributed by atoms with Crippen molar-refractivity contribution in [2.75, 3.05) is 26.7 Å². The number of hydrogen-bond acceptors (Lipinski definition) is 5. The Hall–Kier alpha value is -3.05. The van der Waals surface area contributed by atoms with Gasteiger partial charge in [-0.1, -0.05) is 0 Å². The molecule has 1 aliphatic carbocycles. The quantitative estimate of drug-likeness (QED) is 0.653. The Morgan fingerprint density at radius 3 is 2.50 bits per heavy atom. The molecule has 1 aromatic heterocycles. The molecule has 4 rings (SSSR count). The number of rotatable bonds is 2. The lowest BCUT2D eigenvalue weighted by molar-refractivity contribution is -0.273. The summed E-state index contributed by atoms with van der Waals surface area (Å²) >= 11 is 0. The molecule has 3 aliphatic rings. The average Bonchev–Trinajstić information content (AvgIpc) is 3.30. The van der Waals surface area contributed by atoms with Crippen LogP contribution >= 0.6 is 0 Å². The van der Waals surface area contributed by atoms with Gasteiger partial charge < -0.3 is 29.9 Å². The first kappa shape index (κ1) is 26.0. The predicted molar refractivity (Wildman–Crippen MR) is 120 cm³/mol. The van der Waals surface area contributed by atoms with Crippen molar-refractivity contribution in [1.29, 1.82) is 0 Å². The number of hydrogen-bond donors (Lipinski definition) is 1. The maximum atomic E-state index is 14.1. The third kappa shape index (κ3) is 4.45. The molecule has 12 heteroatoms. The highest BCUT2D eigenvalue weighted by Gasteiger charge is 2.61. The summed E-state index contributed by atoms with van der Waals surface area (Å²) in [6.07, 6.45) is -4.15. The molecule has 1 aromatic rings. The first-order valence-electron chi connectivity index (χ1n) is 12.0. The van der Waals surface area contributed by atoms with Crippen LogP contribution in [0, 0.1) is 11.3 Å². The molecule has 0 unspecified atom stereocenters. The number of nitrogens with zero attached hydrogens (tertiary/aromatic N) is 4. The first-order valence-corrected chi connectivity index (χ1v) is 12.0. The zero-order valence-electron chi connectivity index (χ0n) is 20.8. The molecule has 1 N–H and O–H groups in total. The molecule has 3 heterocycles. The van der Waals surface area contributed by atoms with Crippen LogP contribution in [0.5, 0.6) is 0 Å². The lowest BCUT2D eigenvalue weighted by Crippen LogP contribution is -2.57. The number of aromatic nitrogens is 1. The maximum absolute atomic E-state index is 14.1. The number of carboxylic acid groups (broad SMARTS) is 1. The van der Waals surface area contributed by atoms with Crippen LogP contribution in [0.3, 0.4) is 0 Å². The van der Waals surface area contributed by atoms with Gasteiger partial charge in [0.15, 0.2) is 0 Å². The number of carbonyl (C=O) groups is 3. The molecular weight excluding hydrogens is 479 g/mol. The average molecular weight is 511 g/mol. The Bertz CT molecular complexity index is 1070. The van der Waals surface area contributed by atoms with Crippen molar-refractivity contribution in [3.05, 3.63) is 29.1 Å². The predicted octanol–water partition coefficient (Wildman–Crippen LogP) is 1.85. The molecule has 0 spiro atoms. The van der Waals surface area contributed by atoms with Crippen molar-refractivity contribution >= 4 is 18.0 Å². The lowest BCUT2D eigenvalue weighted by Gasteiger charge is -2.43. The van der Waals surface area contributed by atoms with E-state index in [-0.39, 0.29) is 50.5 Å². The third-order valence-corrected chi connectivity index (χ3v) is 7.72. The van der Waals surface area contributed by atoms with Crippen molar-refractivity contribution in [2.45, 2.75) is 64.3 Å². The number of fused-ring (bicyclic) bond motifs is 2. The van der Waals surface area contributed by atoms with E-state index in [0.29, 0.717) is 24.1 Å². The second-order valence-corrected chi connectivity index (χ2v) is 11.0. The smallest absolute Gasteiger partial charge is 0.417 e. The molecule has 36 heavy (non-hydrogen) atoms. The second kappa shape index (κ2) is 8.81. The van der Waals surface area contributed by atoms with Gasteiger partial charge in [-0.3, -0.25) is 9.78 Å². The summed E-state index contributed by atoms with van der Waals surface area (Å²) in [6.45, 7) is 5.94. The van der Waals surface area contributed by atoms with E-state index in [1.807, 2.05) is 0 Å². The fourth-order valence-corrected chi connectivity index (χ4v) is 6.22. The summed E-state index contributed by atoms with van der Waals surface area (Å²) in [6, 6.07) is 0.229. The van der Waals surface area contributed by atoms with E-state index in [2.05, 4.69) is 10.3 Å². The molecule has 9 nitrogen and oxygen atoms in total. The summed E-state index contributed by atoms with van der Waals surface area (Å²) in [5, 5.41) is 14.6. The molecule has 2 aliphatic heterocycles. The number of likely N-dealkylation sites (tertiary alicyclic amines) is 1. The van der Waals surface area contributed by atoms with Crippen LogP contribution in [-0.2, 0) is 23.9 Å². The Morgan fingerprint density at radius 1 is 1.22 bits per heavy atom. The minimum Gasteiger partial charge on any atom is -0.530 e. The Labute approximate surface area is 207 Å². The number of nitrogens with one attached hydrogen (secondary N) is 1. The van der Waals surface area contributed by atoms with E-state index in [4.69, 9.17) is 0 Å². The SMILES string of the molecule is CNC(=O)N1C[C@@H]2C[C@@H](N(C(=O)[O-])C(C)(C)C)C[C@]2(C(=O)N2CCc3ncc(C(F)(F)F)cc3C2)C1. The number of alkyl halides is 3. The summed E-state index contributed by atoms with van der Waals surface area (Å²) in [7, 11) is 1.50. The van der Waals surface area contributed by atoms with Crippen LogP contribution in [0.2, 0.25) is 0 Å². The van der Waals surface area contributed by atoms with Gasteiger partial charge in [0.05, 0.1) is 11.0 Å². The van der Waals surface area contributed by atoms with E-state index < -0.39 is 34.8 Å². The molecule has 1 saturated heterocycles. The molecular formula is C24H31F3N5O4-. The lowest BCUT2D eigenvalue weighted by atomic mass is 9.78. The fourth-order valence-electron chi connectivity index (χ4n) is 6.22. The van der Waals surface area contributed by atoms with Crippen LogP contribution in [0.25, 0.3) is 0 Å². The zero-order chi connectivity index (χ0) is 26.6. The topological polar surface area (TPSA) is 109 Å². The monoisotopic (exact) mass is 510 g/mol. The van der Waals surface area contributed by atoms with E-state index in [1.54, 1.807) is 25.7 Å². The Balaban J connectivity index is 1.65. The summed E-state index contributed by atoms with van der Waals surface area (Å²) in [5.41, 5.74) is -1.79. The van der Waals surface area contributed by atoms with Gasteiger partial charge >= 0.3 is 12.2 Å². The molecule has 4 amide bonds. The molecule has 3 atom stereocenters. The van der Waals surface area contributed by atoms with Crippen molar-refractivity contribution < 1.29 is 32.7 Å². The Morgan fingerprint density at radius 2 is 1.92 bits per heavy atom. The number of halogens is 3. The largest absolute Gasteiger partial charge is 0.530 e. The van der Waals surface area contributed by atoms with Crippen molar-refractivity contribution in [1.82, 2.24) is 25.0 Å². The summed E-state index contributed by atoms with van der Waals surface area (Å²) in [4.78, 5) is 46.9. The van der Waals surface area contributed by atoms with Crippen LogP contribution in [0.4, 0.5) is 22.8 Å². The van der Waals surface area contributed by atoms with Crippen molar-refractivity contribution in [2.24, 2.45) is 11.3 Å². The van der Waals surface area contributed by atoms with Crippen molar-refractivity contribution in [3.8, 4) is 0 Å². The molecule has 0 radical (unpaired) electrons. The van der Waals surface area contributed by atoms with Crippen LogP contribution in [-0.4, -0.2) is 76.0 Å². The zero-order valence-corrected chi connectivity index (χ0v) is 20.8. The highest BCUT2D eigenvalue weighted by atomic mass is 19.4. The van der Waals surface area contributed by atoms with Gasteiger partial charge in [-0.2, -0.15) is 13.2 Å². The molecule has 0 aromatic carbocycles. The van der Waals surface area contributed by atoms with E-state index in [0.717, 1.165) is 12.3 Å². The Kier molecular flexibility index (Phi) is 6.37. The summed E-state index contributed by atoms with van der Waals surface area (Å²) in [5.74, 6) is -0.561. The molecule has 1 saturated carbocycles. The maximum Gasteiger partial charge on any atom is 0.417 e. The second-order valence-electron chi connectivity index (χ2n) is 11.0. The fraction of sp³-hybridized carbons (Fsp3) is 0.667. The molecule has 198 valence electrons. The van der Waals surface area contributed by atoms with E-state index >= 15 is 0 Å². The highest BCUT2D eigenvalue weighted by Crippen LogP contribution is 2.52. The van der Waals surface area contributed by atoms with Gasteiger partial charge in [0.2, 0.25) is 5.91 Å². The standard InChI is InChI=1S/C24H32F3N5O4/c1-22(2,3)32(21(35)36)17-8-16-12-31(20(34)28-4)13-23(16,9-17)19(33)30-6-5-18-14(11-30)7-15(10-29-18)24(25,26)27/h7,10,16-17H,5-6,8-9,11-13H2,1-4H3,(H,28,34)(H,35,36)/p-1/t16-,17+,23-/m0/s1. The van der Waals surface area contributed by atoms with Gasteiger partial charge in [0.25, 0.3) is 0 Å². The number of urea groups is 1. The van der Waals surface area contributed by atoms with Crippen LogP contribution in [0.1, 0.15) is 50.4 Å². The van der Waals surface area contributed by atoms with Gasteiger partial charge in [-0.05, 0) is 51.2 Å². The first-order chi connectivity index (χ1) is 16.7. The normalized spacial score (nSPS) is 25.9. The molecule has 2 fully saturated rings. The number of amides is 4. The minimum absolute atomic E-state index is 0.0202. The highest BCUT2D eigenvalue weighted by molar-refractivity contribution is 5.86. The number of carbonyl (C=O) groups excluding carboxylic acids is 3. The van der Waals surface area contributed by atoms with Crippen LogP contribution < -0.4 is 10.4 Å². The number of pyridine rings is 1. The van der Waals surface area contributed by atoms with Crippen LogP contribution in [0.15, 0.2) is 12.3 Å². The summed E-state index contributed by atoms with van der Waals surface area (Å²) < 4.78 is 39.7. The van der Waals surface area contributed by atoms with Gasteiger partial charge in [-0.15, -0.1) is 0 Å². The van der Waals surface area contributed by atoms with Gasteiger partial charge in [0.1, 0.15) is 6.09 Å². The third-order valence-electron chi connectivity index (χ3n) is 7.72.